The maximum Gasteiger partial charge on any atom is 0.256 e. The molecule has 18 heavy (non-hydrogen) atoms. The summed E-state index contributed by atoms with van der Waals surface area (Å²) in [6, 6.07) is 17.4. The lowest BCUT2D eigenvalue weighted by Gasteiger charge is -2.04. The topological polar surface area (TPSA) is 32.9 Å². The third kappa shape index (κ3) is 1.87. The van der Waals surface area contributed by atoms with Crippen LogP contribution in [0.25, 0.3) is 22.0 Å². The Balaban J connectivity index is 2.35. The molecular weight excluding hydrogens is 290 g/mol. The first-order valence-electron chi connectivity index (χ1n) is 5.63. The van der Waals surface area contributed by atoms with Crippen molar-refractivity contribution >= 4 is 26.8 Å². The highest BCUT2D eigenvalue weighted by Gasteiger charge is 2.06. The Morgan fingerprint density at radius 2 is 1.72 bits per heavy atom. The minimum Gasteiger partial charge on any atom is -0.321 e. The number of pyridine rings is 1. The molecule has 1 N–H and O–H groups in total. The van der Waals surface area contributed by atoms with Gasteiger partial charge in [-0.3, -0.25) is 4.79 Å². The van der Waals surface area contributed by atoms with Gasteiger partial charge in [-0.25, -0.2) is 0 Å². The van der Waals surface area contributed by atoms with Crippen LogP contribution in [0.2, 0.25) is 0 Å². The van der Waals surface area contributed by atoms with Gasteiger partial charge in [-0.1, -0.05) is 52.3 Å². The Hall–Kier alpha value is -1.87. The molecule has 0 saturated heterocycles. The van der Waals surface area contributed by atoms with Gasteiger partial charge in [0.2, 0.25) is 0 Å². The Labute approximate surface area is 112 Å². The van der Waals surface area contributed by atoms with Gasteiger partial charge in [-0.15, -0.1) is 0 Å². The van der Waals surface area contributed by atoms with Crippen molar-refractivity contribution < 1.29 is 0 Å². The van der Waals surface area contributed by atoms with Crippen LogP contribution in [0.1, 0.15) is 0 Å². The van der Waals surface area contributed by atoms with E-state index in [1.54, 1.807) is 0 Å². The van der Waals surface area contributed by atoms with Gasteiger partial charge in [0.15, 0.2) is 0 Å². The van der Waals surface area contributed by atoms with Crippen molar-refractivity contribution in [2.45, 2.75) is 0 Å². The third-order valence-electron chi connectivity index (χ3n) is 2.92. The first kappa shape index (κ1) is 11.2. The molecule has 0 spiro atoms. The number of fused-ring (bicyclic) bond motifs is 1. The average molecular weight is 300 g/mol. The molecule has 0 radical (unpaired) electrons. The molecule has 0 unspecified atom stereocenters. The number of benzene rings is 2. The molecule has 0 aliphatic carbocycles. The Bertz CT molecular complexity index is 762. The molecule has 0 aliphatic heterocycles. The normalized spacial score (nSPS) is 10.7. The number of hydrogen-bond acceptors (Lipinski definition) is 1. The van der Waals surface area contributed by atoms with Gasteiger partial charge in [0, 0.05) is 20.9 Å². The van der Waals surface area contributed by atoms with Crippen molar-refractivity contribution in [1.29, 1.82) is 0 Å². The monoisotopic (exact) mass is 299 g/mol. The highest BCUT2D eigenvalue weighted by molar-refractivity contribution is 9.10. The van der Waals surface area contributed by atoms with Gasteiger partial charge < -0.3 is 4.98 Å². The molecule has 3 aromatic rings. The smallest absolute Gasteiger partial charge is 0.256 e. The molecule has 3 heteroatoms. The second kappa shape index (κ2) is 4.42. The molecule has 0 fully saturated rings. The number of nitrogens with one attached hydrogen (secondary N) is 1. The minimum atomic E-state index is -0.0631. The zero-order chi connectivity index (χ0) is 12.5. The number of aromatic nitrogens is 1. The Morgan fingerprint density at radius 1 is 0.944 bits per heavy atom. The summed E-state index contributed by atoms with van der Waals surface area (Å²) in [6.45, 7) is 0. The van der Waals surface area contributed by atoms with Gasteiger partial charge in [-0.05, 0) is 23.8 Å². The average Bonchev–Trinajstić information content (AvgIpc) is 2.39. The number of H-pyrrole nitrogens is 1. The first-order valence-corrected chi connectivity index (χ1v) is 6.42. The van der Waals surface area contributed by atoms with Crippen molar-refractivity contribution in [2.75, 3.05) is 0 Å². The standard InChI is InChI=1S/C15H10BrNO/c16-13-7-4-8-14-12(13)9-11(15(18)17-14)10-5-2-1-3-6-10/h1-9H,(H,17,18). The molecule has 0 atom stereocenters. The van der Waals surface area contributed by atoms with E-state index in [2.05, 4.69) is 20.9 Å². The van der Waals surface area contributed by atoms with Gasteiger partial charge in [0.1, 0.15) is 0 Å². The summed E-state index contributed by atoms with van der Waals surface area (Å²) >= 11 is 3.51. The molecule has 2 aromatic carbocycles. The number of aromatic amines is 1. The molecule has 1 aromatic heterocycles. The molecule has 3 rings (SSSR count). The summed E-state index contributed by atoms with van der Waals surface area (Å²) in [5.41, 5.74) is 2.40. The zero-order valence-electron chi connectivity index (χ0n) is 9.48. The van der Waals surface area contributed by atoms with Crippen LogP contribution < -0.4 is 5.56 Å². The Kier molecular flexibility index (Phi) is 2.76. The van der Waals surface area contributed by atoms with Crippen molar-refractivity contribution in [3.8, 4) is 11.1 Å². The summed E-state index contributed by atoms with van der Waals surface area (Å²) < 4.78 is 0.980. The highest BCUT2D eigenvalue weighted by atomic mass is 79.9. The van der Waals surface area contributed by atoms with Crippen LogP contribution in [0.3, 0.4) is 0 Å². The molecular formula is C15H10BrNO. The molecule has 0 saturated carbocycles. The van der Waals surface area contributed by atoms with Crippen LogP contribution in [-0.4, -0.2) is 4.98 Å². The number of rotatable bonds is 1. The summed E-state index contributed by atoms with van der Waals surface area (Å²) in [5.74, 6) is 0. The fourth-order valence-corrected chi connectivity index (χ4v) is 2.51. The van der Waals surface area contributed by atoms with Gasteiger partial charge in [0.05, 0.1) is 0 Å². The van der Waals surface area contributed by atoms with Crippen LogP contribution in [-0.2, 0) is 0 Å². The predicted molar refractivity (Wildman–Crippen MR) is 77.7 cm³/mol. The largest absolute Gasteiger partial charge is 0.321 e. The minimum absolute atomic E-state index is 0.0631. The van der Waals surface area contributed by atoms with E-state index in [9.17, 15) is 4.79 Å². The summed E-state index contributed by atoms with van der Waals surface area (Å²) in [7, 11) is 0. The van der Waals surface area contributed by atoms with Gasteiger partial charge in [-0.2, -0.15) is 0 Å². The van der Waals surface area contributed by atoms with Crippen LogP contribution in [0.15, 0.2) is 63.9 Å². The second-order valence-corrected chi connectivity index (χ2v) is 4.93. The number of hydrogen-bond donors (Lipinski definition) is 1. The number of halogens is 1. The zero-order valence-corrected chi connectivity index (χ0v) is 11.1. The molecule has 0 bridgehead atoms. The van der Waals surface area contributed by atoms with E-state index in [1.165, 1.54) is 0 Å². The fourth-order valence-electron chi connectivity index (χ4n) is 2.02. The van der Waals surface area contributed by atoms with Crippen LogP contribution >= 0.6 is 15.9 Å². The highest BCUT2D eigenvalue weighted by Crippen LogP contribution is 2.25. The summed E-state index contributed by atoms with van der Waals surface area (Å²) in [4.78, 5) is 15.0. The molecule has 88 valence electrons. The SMILES string of the molecule is O=c1[nH]c2cccc(Br)c2cc1-c1ccccc1. The molecule has 1 heterocycles. The van der Waals surface area contributed by atoms with E-state index in [4.69, 9.17) is 0 Å². The second-order valence-electron chi connectivity index (χ2n) is 4.08. The van der Waals surface area contributed by atoms with E-state index in [1.807, 2.05) is 54.6 Å². The third-order valence-corrected chi connectivity index (χ3v) is 3.61. The van der Waals surface area contributed by atoms with Crippen LogP contribution in [0.5, 0.6) is 0 Å². The predicted octanol–water partition coefficient (Wildman–Crippen LogP) is 3.96. The fraction of sp³-hybridized carbons (Fsp3) is 0. The van der Waals surface area contributed by atoms with Crippen molar-refractivity contribution in [2.24, 2.45) is 0 Å². The quantitative estimate of drug-likeness (QED) is 0.725. The van der Waals surface area contributed by atoms with Gasteiger partial charge >= 0.3 is 0 Å². The van der Waals surface area contributed by atoms with E-state index < -0.39 is 0 Å². The molecule has 0 amide bonds. The maximum atomic E-state index is 12.1. The van der Waals surface area contributed by atoms with Crippen LogP contribution in [0, 0.1) is 0 Å². The van der Waals surface area contributed by atoms with Gasteiger partial charge in [0.25, 0.3) is 5.56 Å². The Morgan fingerprint density at radius 3 is 2.50 bits per heavy atom. The maximum absolute atomic E-state index is 12.1. The summed E-state index contributed by atoms with van der Waals surface area (Å²) in [6.07, 6.45) is 0. The van der Waals surface area contributed by atoms with E-state index in [-0.39, 0.29) is 5.56 Å². The lowest BCUT2D eigenvalue weighted by atomic mass is 10.1. The van der Waals surface area contributed by atoms with E-state index >= 15 is 0 Å². The van der Waals surface area contributed by atoms with E-state index in [0.29, 0.717) is 5.56 Å². The van der Waals surface area contributed by atoms with E-state index in [0.717, 1.165) is 20.9 Å². The van der Waals surface area contributed by atoms with Crippen molar-refractivity contribution in [3.63, 3.8) is 0 Å². The van der Waals surface area contributed by atoms with Crippen molar-refractivity contribution in [1.82, 2.24) is 4.98 Å². The molecule has 0 aliphatic rings. The lowest BCUT2D eigenvalue weighted by Crippen LogP contribution is -2.08. The van der Waals surface area contributed by atoms with Crippen LogP contribution in [0.4, 0.5) is 0 Å². The summed E-state index contributed by atoms with van der Waals surface area (Å²) in [5, 5.41) is 1.01. The lowest BCUT2D eigenvalue weighted by molar-refractivity contribution is 1.30. The first-order chi connectivity index (χ1) is 8.75. The molecule has 2 nitrogen and oxygen atoms in total. The van der Waals surface area contributed by atoms with Crippen molar-refractivity contribution in [3.05, 3.63) is 69.4 Å².